The first-order valence-electron chi connectivity index (χ1n) is 7.63. The van der Waals surface area contributed by atoms with Crippen LogP contribution in [0.3, 0.4) is 0 Å². The third kappa shape index (κ3) is 3.92. The first-order valence-corrected chi connectivity index (χ1v) is 7.63. The maximum atomic E-state index is 12.4. The number of esters is 1. The molecule has 0 amide bonds. The average Bonchev–Trinajstić information content (AvgIpc) is 2.84. The van der Waals surface area contributed by atoms with Crippen LogP contribution in [0.25, 0.3) is 10.9 Å². The van der Waals surface area contributed by atoms with E-state index in [4.69, 9.17) is 9.47 Å². The van der Waals surface area contributed by atoms with Gasteiger partial charge in [-0.3, -0.25) is 9.36 Å². The molecule has 0 fully saturated rings. The van der Waals surface area contributed by atoms with Crippen LogP contribution in [0.5, 0.6) is 0 Å². The molecule has 1 aromatic carbocycles. The number of rotatable bonds is 3. The second-order valence-electron chi connectivity index (χ2n) is 6.65. The van der Waals surface area contributed by atoms with Crippen LogP contribution in [0, 0.1) is 5.92 Å². The maximum absolute atomic E-state index is 12.4. The molecule has 0 aliphatic heterocycles. The summed E-state index contributed by atoms with van der Waals surface area (Å²) in [6, 6.07) is 7.59. The predicted octanol–water partition coefficient (Wildman–Crippen LogP) is 3.78. The number of carbonyl (C=O) groups is 2. The quantitative estimate of drug-likeness (QED) is 0.808. The van der Waals surface area contributed by atoms with Crippen LogP contribution in [-0.4, -0.2) is 29.3 Å². The van der Waals surface area contributed by atoms with Crippen LogP contribution in [-0.2, 0) is 20.7 Å². The molecule has 0 spiro atoms. The molecule has 2 aromatic rings. The van der Waals surface area contributed by atoms with Gasteiger partial charge in [0.1, 0.15) is 5.60 Å². The molecular formula is C18H23NO4. The smallest absolute Gasteiger partial charge is 0.419 e. The van der Waals surface area contributed by atoms with Crippen molar-refractivity contribution in [1.82, 2.24) is 4.57 Å². The van der Waals surface area contributed by atoms with Gasteiger partial charge in [-0.05, 0) is 38.8 Å². The monoisotopic (exact) mass is 317 g/mol. The molecule has 124 valence electrons. The number of aromatic nitrogens is 1. The first kappa shape index (κ1) is 17.1. The number of methoxy groups -OCH3 is 1. The molecular weight excluding hydrogens is 294 g/mol. The Labute approximate surface area is 136 Å². The second kappa shape index (κ2) is 6.44. The summed E-state index contributed by atoms with van der Waals surface area (Å²) in [5.41, 5.74) is 1.13. The molecule has 0 saturated carbocycles. The van der Waals surface area contributed by atoms with Crippen LogP contribution in [0.15, 0.2) is 30.5 Å². The summed E-state index contributed by atoms with van der Waals surface area (Å²) in [4.78, 5) is 24.1. The van der Waals surface area contributed by atoms with Gasteiger partial charge in [0, 0.05) is 11.6 Å². The summed E-state index contributed by atoms with van der Waals surface area (Å²) in [7, 11) is 1.38. The summed E-state index contributed by atoms with van der Waals surface area (Å²) in [6.45, 7) is 7.30. The van der Waals surface area contributed by atoms with E-state index in [1.165, 1.54) is 11.7 Å². The Balaban J connectivity index is 2.40. The Hall–Kier alpha value is -2.30. The van der Waals surface area contributed by atoms with Crippen LogP contribution >= 0.6 is 0 Å². The number of benzene rings is 1. The van der Waals surface area contributed by atoms with Gasteiger partial charge in [-0.25, -0.2) is 4.79 Å². The molecule has 0 aliphatic rings. The third-order valence-corrected chi connectivity index (χ3v) is 3.51. The SMILES string of the molecule is COC(=O)C(C)Cc1cn(C(=O)OC(C)(C)C)c2ccccc12. The van der Waals surface area contributed by atoms with Crippen molar-refractivity contribution in [1.29, 1.82) is 0 Å². The normalized spacial score (nSPS) is 12.9. The van der Waals surface area contributed by atoms with Gasteiger partial charge in [-0.15, -0.1) is 0 Å². The lowest BCUT2D eigenvalue weighted by atomic mass is 10.0. The van der Waals surface area contributed by atoms with Crippen molar-refractivity contribution in [3.05, 3.63) is 36.0 Å². The number of fused-ring (bicyclic) bond motifs is 1. The maximum Gasteiger partial charge on any atom is 0.419 e. The van der Waals surface area contributed by atoms with Crippen LogP contribution in [0.4, 0.5) is 4.79 Å². The average molecular weight is 317 g/mol. The Kier molecular flexibility index (Phi) is 4.78. The molecule has 23 heavy (non-hydrogen) atoms. The highest BCUT2D eigenvalue weighted by atomic mass is 16.6. The van der Waals surface area contributed by atoms with E-state index in [0.717, 1.165) is 16.5 Å². The van der Waals surface area contributed by atoms with Gasteiger partial charge in [-0.1, -0.05) is 25.1 Å². The Bertz CT molecular complexity index is 724. The van der Waals surface area contributed by atoms with E-state index in [1.807, 2.05) is 52.0 Å². The van der Waals surface area contributed by atoms with Crippen molar-refractivity contribution >= 4 is 23.0 Å². The fraction of sp³-hybridized carbons (Fsp3) is 0.444. The van der Waals surface area contributed by atoms with Crippen molar-refractivity contribution in [2.45, 2.75) is 39.7 Å². The fourth-order valence-electron chi connectivity index (χ4n) is 2.49. The molecule has 5 nitrogen and oxygen atoms in total. The molecule has 1 heterocycles. The van der Waals surface area contributed by atoms with Crippen LogP contribution in [0.2, 0.25) is 0 Å². The molecule has 2 rings (SSSR count). The zero-order valence-electron chi connectivity index (χ0n) is 14.3. The molecule has 0 saturated heterocycles. The number of hydrogen-bond acceptors (Lipinski definition) is 4. The molecule has 5 heteroatoms. The van der Waals surface area contributed by atoms with Gasteiger partial charge in [0.05, 0.1) is 18.5 Å². The number of carbonyl (C=O) groups excluding carboxylic acids is 2. The van der Waals surface area contributed by atoms with E-state index in [0.29, 0.717) is 6.42 Å². The van der Waals surface area contributed by atoms with Crippen molar-refractivity contribution in [2.24, 2.45) is 5.92 Å². The molecule has 0 bridgehead atoms. The lowest BCUT2D eigenvalue weighted by Gasteiger charge is -2.19. The standard InChI is InChI=1S/C18H23NO4/c1-12(16(20)22-5)10-13-11-19(17(21)23-18(2,3)4)15-9-7-6-8-14(13)15/h6-9,11-12H,10H2,1-5H3. The van der Waals surface area contributed by atoms with Gasteiger partial charge in [-0.2, -0.15) is 0 Å². The number of ether oxygens (including phenoxy) is 2. The van der Waals surface area contributed by atoms with Crippen LogP contribution in [0.1, 0.15) is 33.3 Å². The van der Waals surface area contributed by atoms with E-state index in [-0.39, 0.29) is 11.9 Å². The zero-order chi connectivity index (χ0) is 17.2. The van der Waals surface area contributed by atoms with E-state index in [9.17, 15) is 9.59 Å². The first-order chi connectivity index (χ1) is 10.7. The Morgan fingerprint density at radius 2 is 1.87 bits per heavy atom. The largest absolute Gasteiger partial charge is 0.469 e. The summed E-state index contributed by atoms with van der Waals surface area (Å²) >= 11 is 0. The summed E-state index contributed by atoms with van der Waals surface area (Å²) < 4.78 is 11.7. The molecule has 1 unspecified atom stereocenters. The topological polar surface area (TPSA) is 57.5 Å². The lowest BCUT2D eigenvalue weighted by Crippen LogP contribution is -2.26. The number of hydrogen-bond donors (Lipinski definition) is 0. The van der Waals surface area contributed by atoms with Crippen molar-refractivity contribution < 1.29 is 19.1 Å². The van der Waals surface area contributed by atoms with Gasteiger partial charge in [0.25, 0.3) is 0 Å². The minimum atomic E-state index is -0.568. The minimum absolute atomic E-state index is 0.265. The fourth-order valence-corrected chi connectivity index (χ4v) is 2.49. The van der Waals surface area contributed by atoms with E-state index in [2.05, 4.69) is 0 Å². The Morgan fingerprint density at radius 3 is 2.48 bits per heavy atom. The number of para-hydroxylation sites is 1. The molecule has 0 radical (unpaired) electrons. The van der Waals surface area contributed by atoms with E-state index in [1.54, 1.807) is 6.20 Å². The molecule has 0 N–H and O–H groups in total. The Morgan fingerprint density at radius 1 is 1.22 bits per heavy atom. The lowest BCUT2D eigenvalue weighted by molar-refractivity contribution is -0.144. The predicted molar refractivity (Wildman–Crippen MR) is 88.5 cm³/mol. The van der Waals surface area contributed by atoms with Crippen molar-refractivity contribution in [3.8, 4) is 0 Å². The summed E-state index contributed by atoms with van der Waals surface area (Å²) in [5, 5.41) is 0.939. The highest BCUT2D eigenvalue weighted by Crippen LogP contribution is 2.25. The zero-order valence-corrected chi connectivity index (χ0v) is 14.3. The highest BCUT2D eigenvalue weighted by Gasteiger charge is 2.22. The van der Waals surface area contributed by atoms with Gasteiger partial charge < -0.3 is 9.47 Å². The molecule has 1 atom stereocenters. The summed E-state index contributed by atoms with van der Waals surface area (Å²) in [5.74, 6) is -0.544. The molecule has 1 aromatic heterocycles. The van der Waals surface area contributed by atoms with Gasteiger partial charge in [0.15, 0.2) is 0 Å². The van der Waals surface area contributed by atoms with E-state index < -0.39 is 11.7 Å². The van der Waals surface area contributed by atoms with Crippen molar-refractivity contribution in [2.75, 3.05) is 7.11 Å². The second-order valence-corrected chi connectivity index (χ2v) is 6.65. The third-order valence-electron chi connectivity index (χ3n) is 3.51. The molecule has 0 aliphatic carbocycles. The summed E-state index contributed by atoms with van der Waals surface area (Å²) in [6.07, 6.45) is 1.83. The van der Waals surface area contributed by atoms with Gasteiger partial charge in [0.2, 0.25) is 0 Å². The minimum Gasteiger partial charge on any atom is -0.469 e. The van der Waals surface area contributed by atoms with Crippen molar-refractivity contribution in [3.63, 3.8) is 0 Å². The van der Waals surface area contributed by atoms with E-state index >= 15 is 0 Å². The number of nitrogens with zero attached hydrogens (tertiary/aromatic N) is 1. The van der Waals surface area contributed by atoms with Crippen LogP contribution < -0.4 is 0 Å². The van der Waals surface area contributed by atoms with Gasteiger partial charge >= 0.3 is 12.1 Å². The highest BCUT2D eigenvalue weighted by molar-refractivity contribution is 5.92.